The Balaban J connectivity index is 2.12. The Morgan fingerprint density at radius 1 is 1.19 bits per heavy atom. The van der Waals surface area contributed by atoms with Gasteiger partial charge in [0.1, 0.15) is 18.6 Å². The van der Waals surface area contributed by atoms with Crippen LogP contribution in [0.3, 0.4) is 0 Å². The van der Waals surface area contributed by atoms with E-state index in [-0.39, 0.29) is 5.76 Å². The molecule has 0 aromatic heterocycles. The highest BCUT2D eigenvalue weighted by Crippen LogP contribution is 2.23. The molecule has 0 radical (unpaired) electrons. The minimum Gasteiger partial charge on any atom is -0.511 e. The molecule has 26 heavy (non-hydrogen) atoms. The maximum Gasteiger partial charge on any atom is 0.377 e. The van der Waals surface area contributed by atoms with E-state index in [0.29, 0.717) is 24.3 Å². The summed E-state index contributed by atoms with van der Waals surface area (Å²) in [5.74, 6) is -0.664. The van der Waals surface area contributed by atoms with Gasteiger partial charge < -0.3 is 19.4 Å². The predicted octanol–water partition coefficient (Wildman–Crippen LogP) is 3.89. The second-order valence-corrected chi connectivity index (χ2v) is 5.50. The first-order valence-electron chi connectivity index (χ1n) is 7.97. The number of aliphatic hydroxyl groups excluding tert-OH is 1. The number of benzene rings is 2. The van der Waals surface area contributed by atoms with Crippen molar-refractivity contribution in [1.82, 2.24) is 0 Å². The summed E-state index contributed by atoms with van der Waals surface area (Å²) in [5, 5.41) is 13.3. The number of aliphatic hydroxyl groups is 1. The van der Waals surface area contributed by atoms with E-state index >= 15 is 0 Å². The van der Waals surface area contributed by atoms with Crippen molar-refractivity contribution in [1.29, 1.82) is 0 Å². The third kappa shape index (κ3) is 5.11. The van der Waals surface area contributed by atoms with Crippen molar-refractivity contribution in [2.45, 2.75) is 20.5 Å². The first-order chi connectivity index (χ1) is 12.5. The Bertz CT molecular complexity index is 812. The summed E-state index contributed by atoms with van der Waals surface area (Å²) in [5.41, 5.74) is 3.22. The van der Waals surface area contributed by atoms with E-state index in [4.69, 9.17) is 14.7 Å². The lowest BCUT2D eigenvalue weighted by Crippen LogP contribution is -2.11. The lowest BCUT2D eigenvalue weighted by molar-refractivity contribution is -0.138. The van der Waals surface area contributed by atoms with E-state index < -0.39 is 5.97 Å². The normalized spacial score (nSPS) is 11.8. The number of carbonyl (C=O) groups is 1. The predicted molar refractivity (Wildman–Crippen MR) is 98.0 cm³/mol. The SMILES string of the molecule is COC(=O)/C(=C\O)Oc1cc(/C(C)=N/OCc2ccccc2)ccc1C. The van der Waals surface area contributed by atoms with E-state index in [2.05, 4.69) is 9.89 Å². The van der Waals surface area contributed by atoms with Crippen LogP contribution in [0.4, 0.5) is 0 Å². The molecule has 0 saturated heterocycles. The average molecular weight is 355 g/mol. The fourth-order valence-corrected chi connectivity index (χ4v) is 2.11. The van der Waals surface area contributed by atoms with Crippen LogP contribution in [0.25, 0.3) is 0 Å². The highest BCUT2D eigenvalue weighted by molar-refractivity contribution is 5.98. The molecule has 0 aliphatic heterocycles. The van der Waals surface area contributed by atoms with E-state index in [9.17, 15) is 4.79 Å². The molecule has 2 aromatic carbocycles. The molecule has 0 amide bonds. The molecule has 0 atom stereocenters. The van der Waals surface area contributed by atoms with Gasteiger partial charge in [-0.15, -0.1) is 0 Å². The van der Waals surface area contributed by atoms with Gasteiger partial charge in [0.05, 0.1) is 12.8 Å². The Morgan fingerprint density at radius 3 is 2.58 bits per heavy atom. The number of methoxy groups -OCH3 is 1. The van der Waals surface area contributed by atoms with E-state index in [0.717, 1.165) is 16.7 Å². The molecule has 6 nitrogen and oxygen atoms in total. The Morgan fingerprint density at radius 2 is 1.92 bits per heavy atom. The summed E-state index contributed by atoms with van der Waals surface area (Å²) in [6.45, 7) is 4.00. The number of hydrogen-bond donors (Lipinski definition) is 1. The molecule has 136 valence electrons. The van der Waals surface area contributed by atoms with Gasteiger partial charge >= 0.3 is 5.97 Å². The lowest BCUT2D eigenvalue weighted by Gasteiger charge is -2.11. The van der Waals surface area contributed by atoms with Crippen LogP contribution < -0.4 is 4.74 Å². The van der Waals surface area contributed by atoms with E-state index in [1.54, 1.807) is 6.07 Å². The largest absolute Gasteiger partial charge is 0.511 e. The van der Waals surface area contributed by atoms with Crippen molar-refractivity contribution in [2.75, 3.05) is 7.11 Å². The summed E-state index contributed by atoms with van der Waals surface area (Å²) < 4.78 is 10.0. The Kier molecular flexibility index (Phi) is 6.79. The molecule has 0 fully saturated rings. The molecule has 0 aliphatic rings. The smallest absolute Gasteiger partial charge is 0.377 e. The van der Waals surface area contributed by atoms with Crippen LogP contribution in [0.15, 0.2) is 65.7 Å². The van der Waals surface area contributed by atoms with Crippen molar-refractivity contribution in [3.8, 4) is 5.75 Å². The summed E-state index contributed by atoms with van der Waals surface area (Å²) in [6.07, 6.45) is 0.571. The third-order valence-electron chi connectivity index (χ3n) is 3.61. The first kappa shape index (κ1) is 19.1. The number of carbonyl (C=O) groups excluding carboxylic acids is 1. The summed E-state index contributed by atoms with van der Waals surface area (Å²) >= 11 is 0. The zero-order chi connectivity index (χ0) is 18.9. The average Bonchev–Trinajstić information content (AvgIpc) is 2.67. The highest BCUT2D eigenvalue weighted by Gasteiger charge is 2.15. The van der Waals surface area contributed by atoms with Crippen LogP contribution in [0.2, 0.25) is 0 Å². The summed E-state index contributed by atoms with van der Waals surface area (Å²) in [7, 11) is 1.21. The Labute approximate surface area is 152 Å². The molecule has 0 spiro atoms. The van der Waals surface area contributed by atoms with Gasteiger partial charge in [0.15, 0.2) is 0 Å². The topological polar surface area (TPSA) is 77.4 Å². The van der Waals surface area contributed by atoms with Gasteiger partial charge in [-0.2, -0.15) is 0 Å². The van der Waals surface area contributed by atoms with Crippen molar-refractivity contribution in [3.63, 3.8) is 0 Å². The zero-order valence-corrected chi connectivity index (χ0v) is 14.9. The fourth-order valence-electron chi connectivity index (χ4n) is 2.11. The van der Waals surface area contributed by atoms with Crippen LogP contribution in [0, 0.1) is 6.92 Å². The second kappa shape index (κ2) is 9.27. The maximum absolute atomic E-state index is 11.5. The minimum absolute atomic E-state index is 0.303. The number of aryl methyl sites for hydroxylation is 1. The molecule has 2 rings (SSSR count). The van der Waals surface area contributed by atoms with Gasteiger partial charge in [0.25, 0.3) is 0 Å². The molecule has 1 N–H and O–H groups in total. The first-order valence-corrected chi connectivity index (χ1v) is 7.97. The quantitative estimate of drug-likeness (QED) is 0.268. The number of hydrogen-bond acceptors (Lipinski definition) is 6. The molecule has 0 unspecified atom stereocenters. The zero-order valence-electron chi connectivity index (χ0n) is 14.9. The van der Waals surface area contributed by atoms with Crippen molar-refractivity contribution < 1.29 is 24.2 Å². The molecule has 0 bridgehead atoms. The van der Waals surface area contributed by atoms with Crippen molar-refractivity contribution in [3.05, 3.63) is 77.2 Å². The van der Waals surface area contributed by atoms with Crippen LogP contribution >= 0.6 is 0 Å². The summed E-state index contributed by atoms with van der Waals surface area (Å²) in [6, 6.07) is 15.1. The number of nitrogens with zero attached hydrogens (tertiary/aromatic N) is 1. The highest BCUT2D eigenvalue weighted by atomic mass is 16.6. The van der Waals surface area contributed by atoms with Gasteiger partial charge in [0, 0.05) is 5.56 Å². The summed E-state index contributed by atoms with van der Waals surface area (Å²) in [4.78, 5) is 16.9. The third-order valence-corrected chi connectivity index (χ3v) is 3.61. The number of esters is 1. The molecule has 6 heteroatoms. The minimum atomic E-state index is -0.770. The van der Waals surface area contributed by atoms with Gasteiger partial charge in [-0.3, -0.25) is 0 Å². The van der Waals surface area contributed by atoms with E-state index in [1.165, 1.54) is 7.11 Å². The molecule has 0 aliphatic carbocycles. The van der Waals surface area contributed by atoms with Crippen molar-refractivity contribution in [2.24, 2.45) is 5.16 Å². The molecular formula is C20H21NO5. The van der Waals surface area contributed by atoms with Crippen LogP contribution in [-0.4, -0.2) is 23.9 Å². The number of oxime groups is 1. The molecular weight excluding hydrogens is 334 g/mol. The van der Waals surface area contributed by atoms with Gasteiger partial charge in [-0.05, 0) is 31.0 Å². The second-order valence-electron chi connectivity index (χ2n) is 5.50. The molecule has 0 saturated carbocycles. The lowest BCUT2D eigenvalue weighted by atomic mass is 10.1. The Hall–Kier alpha value is -3.28. The van der Waals surface area contributed by atoms with Crippen molar-refractivity contribution >= 4 is 11.7 Å². The number of ether oxygens (including phenoxy) is 2. The van der Waals surface area contributed by atoms with Gasteiger partial charge in [-0.1, -0.05) is 47.6 Å². The van der Waals surface area contributed by atoms with Crippen LogP contribution in [0.1, 0.15) is 23.6 Å². The fraction of sp³-hybridized carbons (Fsp3) is 0.200. The van der Waals surface area contributed by atoms with Crippen LogP contribution in [-0.2, 0) is 21.0 Å². The molecule has 0 heterocycles. The maximum atomic E-state index is 11.5. The monoisotopic (exact) mass is 355 g/mol. The number of rotatable bonds is 7. The van der Waals surface area contributed by atoms with Gasteiger partial charge in [-0.25, -0.2) is 4.79 Å². The van der Waals surface area contributed by atoms with Gasteiger partial charge in [0.2, 0.25) is 5.76 Å². The molecule has 2 aromatic rings. The standard InChI is InChI=1S/C20H21NO5/c1-14-9-10-17(11-18(14)26-19(12-22)20(23)24-3)15(2)21-25-13-16-7-5-4-6-8-16/h4-12,22H,13H2,1-3H3/b19-12+,21-15+. The van der Waals surface area contributed by atoms with E-state index in [1.807, 2.05) is 56.3 Å². The van der Waals surface area contributed by atoms with Crippen LogP contribution in [0.5, 0.6) is 5.75 Å².